The van der Waals surface area contributed by atoms with Gasteiger partial charge in [-0.25, -0.2) is 4.98 Å². The van der Waals surface area contributed by atoms with Crippen molar-refractivity contribution in [3.05, 3.63) is 33.8 Å². The quantitative estimate of drug-likeness (QED) is 0.930. The molecule has 0 atom stereocenters. The van der Waals surface area contributed by atoms with Gasteiger partial charge >= 0.3 is 0 Å². The van der Waals surface area contributed by atoms with Crippen molar-refractivity contribution in [3.8, 4) is 0 Å². The Morgan fingerprint density at radius 1 is 1.35 bits per heavy atom. The van der Waals surface area contributed by atoms with Crippen LogP contribution in [0.25, 0.3) is 0 Å². The highest BCUT2D eigenvalue weighted by Gasteiger charge is 2.14. The van der Waals surface area contributed by atoms with E-state index in [0.717, 1.165) is 28.8 Å². The lowest BCUT2D eigenvalue weighted by molar-refractivity contribution is 0.101. The lowest BCUT2D eigenvalue weighted by Gasteiger charge is -2.08. The number of aromatic nitrogens is 4. The summed E-state index contributed by atoms with van der Waals surface area (Å²) in [6.07, 6.45) is 2.83. The maximum absolute atomic E-state index is 12.3. The minimum absolute atomic E-state index is 0.221. The number of carbonyl (C=O) groups excluding carboxylic acids is 1. The Labute approximate surface area is 125 Å². The van der Waals surface area contributed by atoms with Crippen molar-refractivity contribution in [2.45, 2.75) is 33.7 Å². The SMILES string of the molecule is CCCn1cc(Br)cc1C(=O)Nc1nnc(C)c(C)n1. The van der Waals surface area contributed by atoms with Gasteiger partial charge in [0.1, 0.15) is 5.69 Å². The van der Waals surface area contributed by atoms with E-state index in [2.05, 4.69) is 43.4 Å². The fourth-order valence-electron chi connectivity index (χ4n) is 1.77. The molecule has 0 unspecified atom stereocenters. The van der Waals surface area contributed by atoms with Gasteiger partial charge in [-0.05, 0) is 42.3 Å². The molecule has 2 rings (SSSR count). The summed E-state index contributed by atoms with van der Waals surface area (Å²) in [7, 11) is 0. The average molecular weight is 338 g/mol. The Hall–Kier alpha value is -1.76. The van der Waals surface area contributed by atoms with E-state index in [9.17, 15) is 4.79 Å². The van der Waals surface area contributed by atoms with E-state index in [1.165, 1.54) is 0 Å². The van der Waals surface area contributed by atoms with Gasteiger partial charge in [-0.3, -0.25) is 10.1 Å². The van der Waals surface area contributed by atoms with Crippen molar-refractivity contribution in [1.82, 2.24) is 19.7 Å². The Kier molecular flexibility index (Phi) is 4.49. The van der Waals surface area contributed by atoms with Crippen molar-refractivity contribution < 1.29 is 4.79 Å². The lowest BCUT2D eigenvalue weighted by Crippen LogP contribution is -2.19. The van der Waals surface area contributed by atoms with Gasteiger partial charge in [0.2, 0.25) is 5.95 Å². The van der Waals surface area contributed by atoms with E-state index in [-0.39, 0.29) is 11.9 Å². The Morgan fingerprint density at radius 2 is 2.10 bits per heavy atom. The van der Waals surface area contributed by atoms with Crippen molar-refractivity contribution in [2.75, 3.05) is 5.32 Å². The number of amides is 1. The molecule has 0 aliphatic carbocycles. The van der Waals surface area contributed by atoms with E-state index in [1.54, 1.807) is 6.07 Å². The first-order chi connectivity index (χ1) is 9.51. The van der Waals surface area contributed by atoms with Gasteiger partial charge in [0, 0.05) is 17.2 Å². The molecule has 0 saturated heterocycles. The van der Waals surface area contributed by atoms with Crippen LogP contribution in [0.3, 0.4) is 0 Å². The van der Waals surface area contributed by atoms with Crippen LogP contribution >= 0.6 is 15.9 Å². The van der Waals surface area contributed by atoms with Gasteiger partial charge in [0.15, 0.2) is 0 Å². The Bertz CT molecular complexity index is 638. The third-order valence-electron chi connectivity index (χ3n) is 2.88. The van der Waals surface area contributed by atoms with E-state index in [1.807, 2.05) is 24.6 Å². The highest BCUT2D eigenvalue weighted by atomic mass is 79.9. The fourth-order valence-corrected chi connectivity index (χ4v) is 2.23. The molecule has 2 aromatic heterocycles. The number of rotatable bonds is 4. The monoisotopic (exact) mass is 337 g/mol. The van der Waals surface area contributed by atoms with Crippen LogP contribution in [0.2, 0.25) is 0 Å². The van der Waals surface area contributed by atoms with Crippen LogP contribution in [0, 0.1) is 13.8 Å². The molecule has 0 aliphatic rings. The molecule has 1 N–H and O–H groups in total. The summed E-state index contributed by atoms with van der Waals surface area (Å²) in [4.78, 5) is 16.5. The summed E-state index contributed by atoms with van der Waals surface area (Å²) in [5.74, 6) is -0.0207. The number of carbonyl (C=O) groups is 1. The number of halogens is 1. The van der Waals surface area contributed by atoms with Gasteiger partial charge in [0.05, 0.1) is 11.4 Å². The Balaban J connectivity index is 2.21. The third kappa shape index (κ3) is 3.22. The summed E-state index contributed by atoms with van der Waals surface area (Å²) in [6, 6.07) is 1.78. The van der Waals surface area contributed by atoms with Gasteiger partial charge in [-0.2, -0.15) is 5.10 Å². The van der Waals surface area contributed by atoms with Crippen molar-refractivity contribution >= 4 is 27.8 Å². The van der Waals surface area contributed by atoms with E-state index in [4.69, 9.17) is 0 Å². The van der Waals surface area contributed by atoms with E-state index in [0.29, 0.717) is 5.69 Å². The standard InChI is InChI=1S/C13H16BrN5O/c1-4-5-19-7-10(14)6-11(19)12(20)16-13-15-8(2)9(3)17-18-13/h6-7H,4-5H2,1-3H3,(H,15,16,18,20). The normalized spacial score (nSPS) is 10.6. The third-order valence-corrected chi connectivity index (χ3v) is 3.31. The van der Waals surface area contributed by atoms with Crippen LogP contribution in [0.1, 0.15) is 35.2 Å². The molecule has 0 fully saturated rings. The van der Waals surface area contributed by atoms with Crippen LogP contribution in [-0.4, -0.2) is 25.7 Å². The number of nitrogens with one attached hydrogen (secondary N) is 1. The first-order valence-corrected chi connectivity index (χ1v) is 7.15. The maximum atomic E-state index is 12.3. The molecule has 2 aromatic rings. The first kappa shape index (κ1) is 14.6. The molecule has 1 amide bonds. The molecule has 0 aliphatic heterocycles. The molecule has 0 radical (unpaired) electrons. The fraction of sp³-hybridized carbons (Fsp3) is 0.385. The lowest BCUT2D eigenvalue weighted by atomic mass is 10.3. The summed E-state index contributed by atoms with van der Waals surface area (Å²) in [5.41, 5.74) is 2.07. The van der Waals surface area contributed by atoms with Gasteiger partial charge in [-0.15, -0.1) is 5.10 Å². The first-order valence-electron chi connectivity index (χ1n) is 6.36. The Morgan fingerprint density at radius 3 is 2.75 bits per heavy atom. The van der Waals surface area contributed by atoms with E-state index < -0.39 is 0 Å². The molecule has 6 nitrogen and oxygen atoms in total. The minimum Gasteiger partial charge on any atom is -0.342 e. The van der Waals surface area contributed by atoms with Crippen LogP contribution in [0.4, 0.5) is 5.95 Å². The van der Waals surface area contributed by atoms with Crippen LogP contribution in [0.15, 0.2) is 16.7 Å². The number of hydrogen-bond donors (Lipinski definition) is 1. The second kappa shape index (κ2) is 6.13. The number of aryl methyl sites for hydroxylation is 3. The molecular formula is C13H16BrN5O. The number of nitrogens with zero attached hydrogens (tertiary/aromatic N) is 4. The predicted octanol–water partition coefficient (Wildman–Crippen LogP) is 2.71. The zero-order valence-electron chi connectivity index (χ0n) is 11.6. The molecule has 0 saturated carbocycles. The highest BCUT2D eigenvalue weighted by molar-refractivity contribution is 9.10. The summed E-state index contributed by atoms with van der Waals surface area (Å²) >= 11 is 3.38. The topological polar surface area (TPSA) is 72.7 Å². The zero-order valence-corrected chi connectivity index (χ0v) is 13.2. The maximum Gasteiger partial charge on any atom is 0.274 e. The molecule has 0 bridgehead atoms. The summed E-state index contributed by atoms with van der Waals surface area (Å²) < 4.78 is 2.77. The van der Waals surface area contributed by atoms with Crippen molar-refractivity contribution in [3.63, 3.8) is 0 Å². The largest absolute Gasteiger partial charge is 0.342 e. The molecule has 0 spiro atoms. The summed E-state index contributed by atoms with van der Waals surface area (Å²) in [5, 5.41) is 10.5. The molecular weight excluding hydrogens is 322 g/mol. The minimum atomic E-state index is -0.241. The van der Waals surface area contributed by atoms with Gasteiger partial charge in [0.25, 0.3) is 5.91 Å². The van der Waals surface area contributed by atoms with Crippen molar-refractivity contribution in [1.29, 1.82) is 0 Å². The molecule has 7 heteroatoms. The van der Waals surface area contributed by atoms with Gasteiger partial charge in [-0.1, -0.05) is 6.92 Å². The zero-order chi connectivity index (χ0) is 14.7. The molecule has 2 heterocycles. The molecule has 0 aromatic carbocycles. The van der Waals surface area contributed by atoms with Crippen LogP contribution < -0.4 is 5.32 Å². The van der Waals surface area contributed by atoms with Gasteiger partial charge < -0.3 is 4.57 Å². The summed E-state index contributed by atoms with van der Waals surface area (Å²) in [6.45, 7) is 6.49. The number of hydrogen-bond acceptors (Lipinski definition) is 4. The second-order valence-electron chi connectivity index (χ2n) is 4.50. The van der Waals surface area contributed by atoms with Crippen LogP contribution in [0.5, 0.6) is 0 Å². The van der Waals surface area contributed by atoms with E-state index >= 15 is 0 Å². The van der Waals surface area contributed by atoms with Crippen LogP contribution in [-0.2, 0) is 6.54 Å². The predicted molar refractivity (Wildman–Crippen MR) is 79.7 cm³/mol. The number of anilines is 1. The molecule has 106 valence electrons. The molecule has 20 heavy (non-hydrogen) atoms. The smallest absolute Gasteiger partial charge is 0.274 e. The average Bonchev–Trinajstić information content (AvgIpc) is 2.75. The highest BCUT2D eigenvalue weighted by Crippen LogP contribution is 2.16. The van der Waals surface area contributed by atoms with Crippen molar-refractivity contribution in [2.24, 2.45) is 0 Å². The second-order valence-corrected chi connectivity index (χ2v) is 5.41.